The Bertz CT molecular complexity index is 1240. The van der Waals surface area contributed by atoms with Crippen LogP contribution >= 0.6 is 23.4 Å². The van der Waals surface area contributed by atoms with Crippen molar-refractivity contribution < 1.29 is 9.72 Å². The second-order valence-electron chi connectivity index (χ2n) is 8.17. The number of hydrogen-bond donors (Lipinski definition) is 1. The molecule has 0 aliphatic heterocycles. The third kappa shape index (κ3) is 7.54. The maximum absolute atomic E-state index is 12.6. The monoisotopic (exact) mass is 526 g/mol. The molecule has 1 amide bonds. The van der Waals surface area contributed by atoms with E-state index in [0.29, 0.717) is 16.0 Å². The minimum atomic E-state index is -0.586. The van der Waals surface area contributed by atoms with Crippen LogP contribution in [0.1, 0.15) is 51.0 Å². The molecule has 2 aromatic carbocycles. The van der Waals surface area contributed by atoms with Gasteiger partial charge in [-0.1, -0.05) is 62.4 Å². The fourth-order valence-electron chi connectivity index (χ4n) is 3.62. The lowest BCUT2D eigenvalue weighted by atomic mass is 10.1. The standard InChI is InChI=1S/C25H27ClN6O3S/c1-2-3-4-5-6-7-14-31-24(18-8-10-20(26)11-9-18)29-30-25(31)36-17-23(33)28-22-13-12-21(32(34)35)15-19(22)16-27/h8-13,15H,2-7,14,17H2,1H3,(H,28,33). The number of carbonyl (C=O) groups excluding carboxylic acids is 1. The van der Waals surface area contributed by atoms with E-state index in [1.165, 1.54) is 49.6 Å². The molecule has 0 saturated carbocycles. The van der Waals surface area contributed by atoms with Crippen molar-refractivity contribution in [2.45, 2.75) is 57.1 Å². The van der Waals surface area contributed by atoms with E-state index in [-0.39, 0.29) is 28.6 Å². The van der Waals surface area contributed by atoms with Crippen LogP contribution < -0.4 is 5.32 Å². The molecule has 0 fully saturated rings. The Morgan fingerprint density at radius 1 is 1.14 bits per heavy atom. The Balaban J connectivity index is 1.70. The number of carbonyl (C=O) groups is 1. The highest BCUT2D eigenvalue weighted by molar-refractivity contribution is 7.99. The molecule has 0 unspecified atom stereocenters. The smallest absolute Gasteiger partial charge is 0.270 e. The number of anilines is 1. The van der Waals surface area contributed by atoms with Gasteiger partial charge in [-0.15, -0.1) is 10.2 Å². The molecule has 0 atom stereocenters. The van der Waals surface area contributed by atoms with E-state index in [1.807, 2.05) is 22.8 Å². The quantitative estimate of drug-likeness (QED) is 0.117. The first-order valence-corrected chi connectivity index (χ1v) is 13.1. The highest BCUT2D eigenvalue weighted by Crippen LogP contribution is 2.27. The third-order valence-electron chi connectivity index (χ3n) is 5.50. The number of halogens is 1. The highest BCUT2D eigenvalue weighted by atomic mass is 35.5. The summed E-state index contributed by atoms with van der Waals surface area (Å²) < 4.78 is 2.02. The minimum Gasteiger partial charge on any atom is -0.324 e. The first-order chi connectivity index (χ1) is 17.4. The summed E-state index contributed by atoms with van der Waals surface area (Å²) in [5.41, 5.74) is 0.929. The highest BCUT2D eigenvalue weighted by Gasteiger charge is 2.17. The molecule has 188 valence electrons. The number of nitro groups is 1. The van der Waals surface area contributed by atoms with Gasteiger partial charge in [-0.3, -0.25) is 14.9 Å². The fourth-order valence-corrected chi connectivity index (χ4v) is 4.51. The number of nitriles is 1. The van der Waals surface area contributed by atoms with Crippen LogP contribution in [0.3, 0.4) is 0 Å². The zero-order chi connectivity index (χ0) is 25.9. The van der Waals surface area contributed by atoms with Crippen LogP contribution in [0.15, 0.2) is 47.6 Å². The normalized spacial score (nSPS) is 10.7. The molecule has 0 aliphatic carbocycles. The number of hydrogen-bond acceptors (Lipinski definition) is 7. The van der Waals surface area contributed by atoms with E-state index in [2.05, 4.69) is 22.4 Å². The molecule has 0 aliphatic rings. The van der Waals surface area contributed by atoms with Gasteiger partial charge in [-0.05, 0) is 36.8 Å². The SMILES string of the molecule is CCCCCCCCn1c(SCC(=O)Nc2ccc([N+](=O)[O-])cc2C#N)nnc1-c1ccc(Cl)cc1. The topological polar surface area (TPSA) is 127 Å². The van der Waals surface area contributed by atoms with Crippen LogP contribution in [0.25, 0.3) is 11.4 Å². The molecule has 3 aromatic rings. The fraction of sp³-hybridized carbons (Fsp3) is 0.360. The van der Waals surface area contributed by atoms with E-state index in [0.717, 1.165) is 31.0 Å². The number of aromatic nitrogens is 3. The zero-order valence-corrected chi connectivity index (χ0v) is 21.5. The summed E-state index contributed by atoms with van der Waals surface area (Å²) in [6.45, 7) is 2.92. The lowest BCUT2D eigenvalue weighted by Gasteiger charge is -2.11. The van der Waals surface area contributed by atoms with E-state index >= 15 is 0 Å². The van der Waals surface area contributed by atoms with Gasteiger partial charge in [0.2, 0.25) is 5.91 Å². The number of nitro benzene ring substituents is 1. The maximum atomic E-state index is 12.6. The number of nitrogens with one attached hydrogen (secondary N) is 1. The second kappa shape index (κ2) is 13.6. The average Bonchev–Trinajstić information content (AvgIpc) is 3.28. The van der Waals surface area contributed by atoms with Crippen molar-refractivity contribution in [2.75, 3.05) is 11.1 Å². The number of unbranched alkanes of at least 4 members (excludes halogenated alkanes) is 5. The molecular formula is C25H27ClN6O3S. The maximum Gasteiger partial charge on any atom is 0.270 e. The van der Waals surface area contributed by atoms with Crippen molar-refractivity contribution in [2.24, 2.45) is 0 Å². The van der Waals surface area contributed by atoms with Gasteiger partial charge in [0.15, 0.2) is 11.0 Å². The predicted octanol–water partition coefficient (Wildman–Crippen LogP) is 6.47. The van der Waals surface area contributed by atoms with Crippen molar-refractivity contribution in [3.63, 3.8) is 0 Å². The second-order valence-corrected chi connectivity index (χ2v) is 9.55. The zero-order valence-electron chi connectivity index (χ0n) is 19.9. The minimum absolute atomic E-state index is 0.0267. The van der Waals surface area contributed by atoms with Gasteiger partial charge in [0.25, 0.3) is 5.69 Å². The summed E-state index contributed by atoms with van der Waals surface area (Å²) in [7, 11) is 0. The summed E-state index contributed by atoms with van der Waals surface area (Å²) in [6.07, 6.45) is 6.90. The summed E-state index contributed by atoms with van der Waals surface area (Å²) in [5, 5.41) is 32.8. The van der Waals surface area contributed by atoms with Gasteiger partial charge in [0.1, 0.15) is 6.07 Å². The molecule has 0 saturated heterocycles. The number of amides is 1. The van der Waals surface area contributed by atoms with Gasteiger partial charge < -0.3 is 9.88 Å². The van der Waals surface area contributed by atoms with Gasteiger partial charge in [-0.2, -0.15) is 5.26 Å². The van der Waals surface area contributed by atoms with E-state index in [1.54, 1.807) is 12.1 Å². The van der Waals surface area contributed by atoms with Crippen LogP contribution in [0, 0.1) is 21.4 Å². The average molecular weight is 527 g/mol. The number of nitrogens with zero attached hydrogens (tertiary/aromatic N) is 5. The lowest BCUT2D eigenvalue weighted by Crippen LogP contribution is -2.15. The number of rotatable bonds is 13. The van der Waals surface area contributed by atoms with Gasteiger partial charge >= 0.3 is 0 Å². The molecule has 11 heteroatoms. The van der Waals surface area contributed by atoms with Crippen molar-refractivity contribution in [3.8, 4) is 17.5 Å². The molecule has 1 heterocycles. The molecule has 0 spiro atoms. The number of benzene rings is 2. The van der Waals surface area contributed by atoms with E-state index < -0.39 is 4.92 Å². The summed E-state index contributed by atoms with van der Waals surface area (Å²) in [6, 6.07) is 13.0. The van der Waals surface area contributed by atoms with Crippen molar-refractivity contribution in [1.29, 1.82) is 5.26 Å². The molecule has 36 heavy (non-hydrogen) atoms. The Hall–Kier alpha value is -3.42. The molecule has 3 rings (SSSR count). The summed E-state index contributed by atoms with van der Waals surface area (Å²) in [5.74, 6) is 0.398. The van der Waals surface area contributed by atoms with Crippen LogP contribution in [0.5, 0.6) is 0 Å². The Morgan fingerprint density at radius 2 is 1.86 bits per heavy atom. The van der Waals surface area contributed by atoms with Crippen LogP contribution in [-0.2, 0) is 11.3 Å². The van der Waals surface area contributed by atoms with E-state index in [9.17, 15) is 20.2 Å². The lowest BCUT2D eigenvalue weighted by molar-refractivity contribution is -0.384. The first-order valence-electron chi connectivity index (χ1n) is 11.7. The number of non-ortho nitro benzene ring substituents is 1. The van der Waals surface area contributed by atoms with Crippen molar-refractivity contribution in [3.05, 3.63) is 63.2 Å². The molecule has 1 aromatic heterocycles. The van der Waals surface area contributed by atoms with Gasteiger partial charge in [0.05, 0.1) is 21.9 Å². The third-order valence-corrected chi connectivity index (χ3v) is 6.71. The van der Waals surface area contributed by atoms with Gasteiger partial charge in [-0.25, -0.2) is 0 Å². The Labute approximate surface area is 219 Å². The van der Waals surface area contributed by atoms with Crippen molar-refractivity contribution >= 4 is 40.6 Å². The van der Waals surface area contributed by atoms with Crippen LogP contribution in [0.4, 0.5) is 11.4 Å². The van der Waals surface area contributed by atoms with Crippen molar-refractivity contribution in [1.82, 2.24) is 14.8 Å². The molecule has 0 bridgehead atoms. The molecular weight excluding hydrogens is 500 g/mol. The van der Waals surface area contributed by atoms with E-state index in [4.69, 9.17) is 11.6 Å². The largest absolute Gasteiger partial charge is 0.324 e. The van der Waals surface area contributed by atoms with Crippen LogP contribution in [-0.4, -0.2) is 31.3 Å². The first kappa shape index (κ1) is 27.2. The summed E-state index contributed by atoms with van der Waals surface area (Å²) >= 11 is 7.29. The van der Waals surface area contributed by atoms with Gasteiger partial charge in [0, 0.05) is 29.3 Å². The Morgan fingerprint density at radius 3 is 2.56 bits per heavy atom. The molecule has 1 N–H and O–H groups in total. The molecule has 0 radical (unpaired) electrons. The molecule has 9 nitrogen and oxygen atoms in total. The van der Waals surface area contributed by atoms with Crippen LogP contribution in [0.2, 0.25) is 5.02 Å². The summed E-state index contributed by atoms with van der Waals surface area (Å²) in [4.78, 5) is 23.0. The number of thioether (sulfide) groups is 1. The Kier molecular flexibility index (Phi) is 10.3. The predicted molar refractivity (Wildman–Crippen MR) is 141 cm³/mol.